The van der Waals surface area contributed by atoms with Gasteiger partial charge < -0.3 is 5.32 Å². The van der Waals surface area contributed by atoms with Gasteiger partial charge in [-0.05, 0) is 19.1 Å². The molecule has 1 aromatic heterocycles. The van der Waals surface area contributed by atoms with Crippen molar-refractivity contribution in [2.75, 3.05) is 5.32 Å². The van der Waals surface area contributed by atoms with Crippen LogP contribution in [0, 0.1) is 0 Å². The van der Waals surface area contributed by atoms with Crippen molar-refractivity contribution in [1.29, 1.82) is 0 Å². The van der Waals surface area contributed by atoms with Crippen LogP contribution >= 0.6 is 0 Å². The molecule has 3 N–H and O–H groups in total. The Labute approximate surface area is 111 Å². The van der Waals surface area contributed by atoms with E-state index >= 15 is 0 Å². The molecule has 8 nitrogen and oxygen atoms in total. The predicted octanol–water partition coefficient (Wildman–Crippen LogP) is -0.0869. The topological polar surface area (TPSA) is 125 Å². The molecule has 0 bridgehead atoms. The summed E-state index contributed by atoms with van der Waals surface area (Å²) in [5.41, 5.74) is -1.40. The lowest BCUT2D eigenvalue weighted by molar-refractivity contribution is 0.100. The van der Waals surface area contributed by atoms with Gasteiger partial charge in [-0.2, -0.15) is 5.10 Å². The van der Waals surface area contributed by atoms with E-state index in [2.05, 4.69) is 10.4 Å². The second-order valence-electron chi connectivity index (χ2n) is 3.95. The minimum absolute atomic E-state index is 0.152. The van der Waals surface area contributed by atoms with Crippen molar-refractivity contribution in [1.82, 2.24) is 15.2 Å². The summed E-state index contributed by atoms with van der Waals surface area (Å²) in [6.07, 6.45) is 0. The minimum atomic E-state index is -0.894. The Kier molecular flexibility index (Phi) is 3.56. The Morgan fingerprint density at radius 2 is 2.00 bits per heavy atom. The Bertz CT molecular complexity index is 790. The average molecular weight is 274 g/mol. The first-order chi connectivity index (χ1) is 9.47. The van der Waals surface area contributed by atoms with Crippen LogP contribution in [-0.4, -0.2) is 26.9 Å². The number of H-pyrrole nitrogens is 2. The number of nitrogens with zero attached hydrogens (tertiary/aromatic N) is 1. The van der Waals surface area contributed by atoms with Crippen LogP contribution in [0.1, 0.15) is 27.8 Å². The first-order valence-electron chi connectivity index (χ1n) is 5.59. The van der Waals surface area contributed by atoms with E-state index < -0.39 is 22.9 Å². The summed E-state index contributed by atoms with van der Waals surface area (Å²) in [4.78, 5) is 47.1. The fourth-order valence-corrected chi connectivity index (χ4v) is 1.51. The molecule has 1 aromatic carbocycles. The first kappa shape index (κ1) is 13.4. The van der Waals surface area contributed by atoms with E-state index in [4.69, 9.17) is 0 Å². The normalized spacial score (nSPS) is 10.1. The van der Waals surface area contributed by atoms with Crippen LogP contribution in [0.2, 0.25) is 0 Å². The third-order valence-electron chi connectivity index (χ3n) is 2.45. The van der Waals surface area contributed by atoms with Crippen LogP contribution in [0.5, 0.6) is 0 Å². The van der Waals surface area contributed by atoms with E-state index in [1.54, 1.807) is 18.2 Å². The lowest BCUT2D eigenvalue weighted by Crippen LogP contribution is -2.32. The van der Waals surface area contributed by atoms with Gasteiger partial charge in [-0.3, -0.25) is 19.4 Å². The molecule has 0 saturated carbocycles. The number of ketones is 1. The van der Waals surface area contributed by atoms with E-state index in [0.29, 0.717) is 11.3 Å². The van der Waals surface area contributed by atoms with Crippen LogP contribution in [0.15, 0.2) is 33.9 Å². The number of aromatic nitrogens is 3. The minimum Gasteiger partial charge on any atom is -0.320 e. The largest absolute Gasteiger partial charge is 0.342 e. The highest BCUT2D eigenvalue weighted by Crippen LogP contribution is 2.11. The summed E-state index contributed by atoms with van der Waals surface area (Å²) >= 11 is 0. The standard InChI is InChI=1S/C12H10N4O4/c1-6(17)7-3-2-4-8(5-7)13-10(18)9-11(19)14-12(20)16-15-9/h2-5H,1H3,(H,13,18)(H2,14,16,19,20). The highest BCUT2D eigenvalue weighted by atomic mass is 16.2. The van der Waals surface area contributed by atoms with Gasteiger partial charge in [-0.1, -0.05) is 12.1 Å². The number of carbonyl (C=O) groups excluding carboxylic acids is 2. The molecule has 2 aromatic rings. The molecule has 0 aliphatic heterocycles. The van der Waals surface area contributed by atoms with E-state index in [1.807, 2.05) is 10.1 Å². The smallest absolute Gasteiger partial charge is 0.320 e. The van der Waals surface area contributed by atoms with Gasteiger partial charge in [-0.15, -0.1) is 0 Å². The van der Waals surface area contributed by atoms with Gasteiger partial charge in [0.2, 0.25) is 5.69 Å². The van der Waals surface area contributed by atoms with Crippen LogP contribution in [0.25, 0.3) is 0 Å². The Morgan fingerprint density at radius 1 is 1.25 bits per heavy atom. The highest BCUT2D eigenvalue weighted by molar-refractivity contribution is 6.03. The fourth-order valence-electron chi connectivity index (χ4n) is 1.51. The van der Waals surface area contributed by atoms with Crippen molar-refractivity contribution < 1.29 is 9.59 Å². The van der Waals surface area contributed by atoms with E-state index in [0.717, 1.165) is 0 Å². The SMILES string of the molecule is CC(=O)c1cccc(NC(=O)c2n[nH]c(=O)[nH]c2=O)c1. The average Bonchev–Trinajstić information content (AvgIpc) is 2.38. The third-order valence-corrected chi connectivity index (χ3v) is 2.45. The molecular formula is C12H10N4O4. The van der Waals surface area contributed by atoms with Crippen molar-refractivity contribution in [3.05, 3.63) is 56.4 Å². The molecule has 2 rings (SSSR count). The number of nitrogens with one attached hydrogen (secondary N) is 3. The summed E-state index contributed by atoms with van der Waals surface area (Å²) < 4.78 is 0. The maximum atomic E-state index is 11.8. The zero-order valence-electron chi connectivity index (χ0n) is 10.4. The number of benzene rings is 1. The number of Topliss-reactive ketones (excluding diaryl/α,β-unsaturated/α-hetero) is 1. The van der Waals surface area contributed by atoms with Crippen molar-refractivity contribution in [2.45, 2.75) is 6.92 Å². The number of anilines is 1. The maximum Gasteiger partial charge on any atom is 0.342 e. The molecule has 0 aliphatic carbocycles. The lowest BCUT2D eigenvalue weighted by atomic mass is 10.1. The number of rotatable bonds is 3. The molecule has 102 valence electrons. The Hall–Kier alpha value is -3.03. The van der Waals surface area contributed by atoms with Crippen molar-refractivity contribution in [3.63, 3.8) is 0 Å². The Morgan fingerprint density at radius 3 is 2.65 bits per heavy atom. The highest BCUT2D eigenvalue weighted by Gasteiger charge is 2.13. The van der Waals surface area contributed by atoms with E-state index in [1.165, 1.54) is 13.0 Å². The van der Waals surface area contributed by atoms with Gasteiger partial charge in [0.25, 0.3) is 11.5 Å². The number of amides is 1. The van der Waals surface area contributed by atoms with E-state index in [9.17, 15) is 19.2 Å². The molecule has 0 atom stereocenters. The predicted molar refractivity (Wildman–Crippen MR) is 69.9 cm³/mol. The van der Waals surface area contributed by atoms with Crippen LogP contribution in [0.3, 0.4) is 0 Å². The molecule has 0 fully saturated rings. The van der Waals surface area contributed by atoms with Crippen molar-refractivity contribution in [3.8, 4) is 0 Å². The molecule has 20 heavy (non-hydrogen) atoms. The summed E-state index contributed by atoms with van der Waals surface area (Å²) in [6, 6.07) is 6.23. The molecule has 0 aliphatic rings. The second kappa shape index (κ2) is 5.31. The van der Waals surface area contributed by atoms with Gasteiger partial charge >= 0.3 is 5.69 Å². The monoisotopic (exact) mass is 274 g/mol. The lowest BCUT2D eigenvalue weighted by Gasteiger charge is -2.04. The summed E-state index contributed by atoms with van der Waals surface area (Å²) in [5, 5.41) is 7.75. The number of hydrogen-bond donors (Lipinski definition) is 3. The molecule has 0 saturated heterocycles. The summed E-state index contributed by atoms with van der Waals surface area (Å²) in [7, 11) is 0. The number of hydrogen-bond acceptors (Lipinski definition) is 5. The van der Waals surface area contributed by atoms with Gasteiger partial charge in [-0.25, -0.2) is 9.89 Å². The van der Waals surface area contributed by atoms with Crippen LogP contribution < -0.4 is 16.6 Å². The fraction of sp³-hybridized carbons (Fsp3) is 0.0833. The van der Waals surface area contributed by atoms with Crippen LogP contribution in [0.4, 0.5) is 5.69 Å². The number of carbonyl (C=O) groups is 2. The first-order valence-corrected chi connectivity index (χ1v) is 5.59. The zero-order valence-corrected chi connectivity index (χ0v) is 10.4. The molecule has 0 spiro atoms. The van der Waals surface area contributed by atoms with Gasteiger partial charge in [0, 0.05) is 11.3 Å². The van der Waals surface area contributed by atoms with Gasteiger partial charge in [0.05, 0.1) is 0 Å². The third kappa shape index (κ3) is 2.86. The number of aromatic amines is 2. The quantitative estimate of drug-likeness (QED) is 0.675. The van der Waals surface area contributed by atoms with E-state index in [-0.39, 0.29) is 5.78 Å². The van der Waals surface area contributed by atoms with Gasteiger partial charge in [0.1, 0.15) is 0 Å². The Balaban J connectivity index is 2.28. The van der Waals surface area contributed by atoms with Crippen molar-refractivity contribution in [2.24, 2.45) is 0 Å². The molecule has 0 radical (unpaired) electrons. The zero-order chi connectivity index (χ0) is 14.7. The molecule has 1 heterocycles. The van der Waals surface area contributed by atoms with Gasteiger partial charge in [0.15, 0.2) is 5.78 Å². The molecule has 8 heteroatoms. The molecular weight excluding hydrogens is 264 g/mol. The van der Waals surface area contributed by atoms with Crippen LogP contribution in [-0.2, 0) is 0 Å². The summed E-state index contributed by atoms with van der Waals surface area (Å²) in [5.74, 6) is -0.940. The molecule has 0 unspecified atom stereocenters. The van der Waals surface area contributed by atoms with Crippen molar-refractivity contribution >= 4 is 17.4 Å². The second-order valence-corrected chi connectivity index (χ2v) is 3.95. The molecule has 1 amide bonds. The maximum absolute atomic E-state index is 11.8. The summed E-state index contributed by atoms with van der Waals surface area (Å²) in [6.45, 7) is 1.40.